The first-order valence-electron chi connectivity index (χ1n) is 16.0. The summed E-state index contributed by atoms with van der Waals surface area (Å²) in [5, 5.41) is 0. The zero-order valence-electron chi connectivity index (χ0n) is 22.8. The second-order valence-corrected chi connectivity index (χ2v) is 15.9. The Morgan fingerprint density at radius 2 is 1.03 bits per heavy atom. The number of hydrogen-bond acceptors (Lipinski definition) is 0. The van der Waals surface area contributed by atoms with Gasteiger partial charge in [0, 0.05) is 0 Å². The summed E-state index contributed by atoms with van der Waals surface area (Å²) in [6.07, 6.45) is 35.7. The zero-order chi connectivity index (χ0) is 22.9. The summed E-state index contributed by atoms with van der Waals surface area (Å²) in [5.74, 6) is 4.67. The van der Waals surface area contributed by atoms with Gasteiger partial charge in [0.1, 0.15) is 6.71 Å². The smallest absolute Gasteiger partial charge is 0.0998 e. The largest absolute Gasteiger partial charge is 0.139 e. The highest BCUT2D eigenvalue weighted by atomic mass is 31.1. The first-order valence-corrected chi connectivity index (χ1v) is 17.7. The second kappa shape index (κ2) is 14.3. The molecule has 6 atom stereocenters. The normalized spacial score (nSPS) is 33.3. The van der Waals surface area contributed by atoms with E-state index < -0.39 is 0 Å². The molecule has 6 unspecified atom stereocenters. The van der Waals surface area contributed by atoms with E-state index in [1.54, 1.807) is 83.1 Å². The van der Waals surface area contributed by atoms with Crippen LogP contribution in [-0.2, 0) is 0 Å². The van der Waals surface area contributed by atoms with Crippen molar-refractivity contribution in [3.05, 3.63) is 0 Å². The number of fused-ring (bicyclic) bond motifs is 4. The molecule has 0 aliphatic heterocycles. The highest BCUT2D eigenvalue weighted by Crippen LogP contribution is 2.67. The summed E-state index contributed by atoms with van der Waals surface area (Å²) >= 11 is 0. The minimum Gasteiger partial charge on any atom is -0.0998 e. The molecule has 0 aromatic heterocycles. The van der Waals surface area contributed by atoms with Crippen molar-refractivity contribution >= 4 is 14.6 Å². The molecular formula is C31H58BP. The van der Waals surface area contributed by atoms with E-state index in [1.165, 1.54) is 87.2 Å². The third-order valence-electron chi connectivity index (χ3n) is 10.7. The van der Waals surface area contributed by atoms with Crippen molar-refractivity contribution in [1.82, 2.24) is 0 Å². The van der Waals surface area contributed by atoms with Gasteiger partial charge in [-0.2, -0.15) is 0 Å². The Labute approximate surface area is 210 Å². The molecule has 4 aliphatic carbocycles. The predicted molar refractivity (Wildman–Crippen MR) is 153 cm³/mol. The molecule has 33 heavy (non-hydrogen) atoms. The summed E-state index contributed by atoms with van der Waals surface area (Å²) in [4.78, 5) is 0. The van der Waals surface area contributed by atoms with E-state index in [9.17, 15) is 0 Å². The Morgan fingerprint density at radius 3 is 1.42 bits per heavy atom. The van der Waals surface area contributed by atoms with E-state index in [1.807, 2.05) is 0 Å². The monoisotopic (exact) mass is 472 g/mol. The van der Waals surface area contributed by atoms with Gasteiger partial charge in [-0.3, -0.25) is 0 Å². The van der Waals surface area contributed by atoms with Crippen molar-refractivity contribution in [2.24, 2.45) is 23.7 Å². The lowest BCUT2D eigenvalue weighted by atomic mass is 9.41. The quantitative estimate of drug-likeness (QED) is 0.106. The van der Waals surface area contributed by atoms with Crippen molar-refractivity contribution in [3.8, 4) is 0 Å². The van der Waals surface area contributed by atoms with Crippen molar-refractivity contribution < 1.29 is 0 Å². The standard InChI is InChI=1S/C31H58BP/c1-3-5-7-10-18-32(19-11-8-6-4-2)20-12-9-13-21-33(30-24-26-14-16-28(30)22-26)31-25-27-15-17-29(31)23-27/h26-31H,3-25H2,1-2H3. The molecule has 2 heteroatoms. The van der Waals surface area contributed by atoms with E-state index >= 15 is 0 Å². The summed E-state index contributed by atoms with van der Waals surface area (Å²) in [7, 11) is 0.348. The van der Waals surface area contributed by atoms with Crippen LogP contribution >= 0.6 is 7.92 Å². The topological polar surface area (TPSA) is 0 Å². The Hall–Kier alpha value is 0.495. The molecule has 0 amide bonds. The lowest BCUT2D eigenvalue weighted by molar-refractivity contribution is 0.460. The Kier molecular flexibility index (Phi) is 11.5. The molecule has 4 bridgehead atoms. The third kappa shape index (κ3) is 7.74. The van der Waals surface area contributed by atoms with Crippen LogP contribution in [0.15, 0.2) is 0 Å². The first-order chi connectivity index (χ1) is 16.3. The minimum atomic E-state index is 0.348. The highest BCUT2D eigenvalue weighted by Gasteiger charge is 2.49. The molecule has 0 heterocycles. The fourth-order valence-corrected chi connectivity index (χ4v) is 13.4. The number of rotatable bonds is 18. The SMILES string of the molecule is CCCCCCB(CCCCCC)CCCCCP(C1CC2CCC1C2)C1CC2CCC1C2. The van der Waals surface area contributed by atoms with Gasteiger partial charge in [-0.25, -0.2) is 0 Å². The van der Waals surface area contributed by atoms with Gasteiger partial charge in [0.05, 0.1) is 0 Å². The van der Waals surface area contributed by atoms with Gasteiger partial charge in [-0.05, 0) is 86.1 Å². The molecule has 0 spiro atoms. The summed E-state index contributed by atoms with van der Waals surface area (Å²) < 4.78 is 0. The van der Waals surface area contributed by atoms with Crippen LogP contribution in [0.3, 0.4) is 0 Å². The van der Waals surface area contributed by atoms with Crippen LogP contribution < -0.4 is 0 Å². The van der Waals surface area contributed by atoms with Crippen molar-refractivity contribution in [2.75, 3.05) is 6.16 Å². The molecule has 0 radical (unpaired) electrons. The average Bonchev–Trinajstić information content (AvgIpc) is 3.63. The molecule has 4 rings (SSSR count). The molecule has 190 valence electrons. The fraction of sp³-hybridized carbons (Fsp3) is 1.00. The van der Waals surface area contributed by atoms with Crippen molar-refractivity contribution in [1.29, 1.82) is 0 Å². The van der Waals surface area contributed by atoms with Gasteiger partial charge in [-0.1, -0.05) is 118 Å². The van der Waals surface area contributed by atoms with Crippen LogP contribution in [0.4, 0.5) is 0 Å². The Bertz CT molecular complexity index is 495. The molecule has 4 fully saturated rings. The van der Waals surface area contributed by atoms with Crippen LogP contribution in [-0.4, -0.2) is 24.2 Å². The summed E-state index contributed by atoms with van der Waals surface area (Å²) in [5.41, 5.74) is 2.43. The number of unbranched alkanes of at least 4 members (excludes halogenated alkanes) is 8. The van der Waals surface area contributed by atoms with Crippen molar-refractivity contribution in [3.63, 3.8) is 0 Å². The lowest BCUT2D eigenvalue weighted by Crippen LogP contribution is -2.26. The van der Waals surface area contributed by atoms with Gasteiger partial charge in [-0.15, -0.1) is 0 Å². The Balaban J connectivity index is 1.19. The fourth-order valence-electron chi connectivity index (χ4n) is 8.87. The zero-order valence-corrected chi connectivity index (χ0v) is 23.6. The molecular weight excluding hydrogens is 414 g/mol. The number of hydrogen-bond donors (Lipinski definition) is 0. The van der Waals surface area contributed by atoms with E-state index in [4.69, 9.17) is 0 Å². The van der Waals surface area contributed by atoms with Gasteiger partial charge < -0.3 is 0 Å². The molecule has 0 aromatic carbocycles. The highest BCUT2D eigenvalue weighted by molar-refractivity contribution is 7.59. The van der Waals surface area contributed by atoms with Gasteiger partial charge in [0.15, 0.2) is 0 Å². The molecule has 0 saturated heterocycles. The molecule has 0 aromatic rings. The molecule has 4 saturated carbocycles. The van der Waals surface area contributed by atoms with Crippen LogP contribution in [0.2, 0.25) is 19.0 Å². The summed E-state index contributed by atoms with van der Waals surface area (Å²) in [6, 6.07) is 0. The van der Waals surface area contributed by atoms with Crippen molar-refractivity contribution in [2.45, 2.75) is 166 Å². The predicted octanol–water partition coefficient (Wildman–Crippen LogP) is 10.7. The maximum Gasteiger partial charge on any atom is 0.139 e. The van der Waals surface area contributed by atoms with Crippen LogP contribution in [0.1, 0.15) is 136 Å². The molecule has 0 nitrogen and oxygen atoms in total. The minimum absolute atomic E-state index is 0.348. The van der Waals surface area contributed by atoms with Crippen LogP contribution in [0.25, 0.3) is 0 Å². The van der Waals surface area contributed by atoms with E-state index in [-0.39, 0.29) is 0 Å². The third-order valence-corrected chi connectivity index (χ3v) is 14.5. The lowest BCUT2D eigenvalue weighted by Gasteiger charge is -2.39. The van der Waals surface area contributed by atoms with E-state index in [0.29, 0.717) is 7.92 Å². The van der Waals surface area contributed by atoms with Gasteiger partial charge >= 0.3 is 0 Å². The average molecular weight is 473 g/mol. The van der Waals surface area contributed by atoms with Gasteiger partial charge in [0.2, 0.25) is 0 Å². The molecule has 0 N–H and O–H groups in total. The first kappa shape index (κ1) is 26.6. The van der Waals surface area contributed by atoms with Gasteiger partial charge in [0.25, 0.3) is 0 Å². The second-order valence-electron chi connectivity index (χ2n) is 13.1. The van der Waals surface area contributed by atoms with Crippen LogP contribution in [0, 0.1) is 23.7 Å². The van der Waals surface area contributed by atoms with E-state index in [0.717, 1.165) is 18.5 Å². The van der Waals surface area contributed by atoms with E-state index in [2.05, 4.69) is 13.8 Å². The molecule has 4 aliphatic rings. The Morgan fingerprint density at radius 1 is 0.545 bits per heavy atom. The summed E-state index contributed by atoms with van der Waals surface area (Å²) in [6.45, 7) is 5.76. The van der Waals surface area contributed by atoms with Crippen LogP contribution in [0.5, 0.6) is 0 Å². The maximum absolute atomic E-state index is 2.35. The maximum atomic E-state index is 2.35.